The van der Waals surface area contributed by atoms with Gasteiger partial charge < -0.3 is 14.8 Å². The number of fused-ring (bicyclic) bond motifs is 3. The van der Waals surface area contributed by atoms with Crippen molar-refractivity contribution in [2.45, 2.75) is 24.9 Å². The van der Waals surface area contributed by atoms with Crippen LogP contribution in [0.5, 0.6) is 0 Å². The van der Waals surface area contributed by atoms with Gasteiger partial charge in [0.05, 0.1) is 30.7 Å². The third-order valence-corrected chi connectivity index (χ3v) is 6.86. The molecule has 6 nitrogen and oxygen atoms in total. The van der Waals surface area contributed by atoms with E-state index in [1.54, 1.807) is 0 Å². The molecule has 3 atom stereocenters. The van der Waals surface area contributed by atoms with Gasteiger partial charge in [-0.1, -0.05) is 65.9 Å². The van der Waals surface area contributed by atoms with E-state index < -0.39 is 0 Å². The van der Waals surface area contributed by atoms with Crippen LogP contribution in [0.4, 0.5) is 0 Å². The lowest BCUT2D eigenvalue weighted by Gasteiger charge is -2.20. The summed E-state index contributed by atoms with van der Waals surface area (Å²) in [5, 5.41) is 17.1. The Kier molecular flexibility index (Phi) is 4.68. The Balaban J connectivity index is 1.17. The molecule has 168 valence electrons. The minimum absolute atomic E-state index is 0.131. The molecule has 2 saturated heterocycles. The van der Waals surface area contributed by atoms with Crippen molar-refractivity contribution in [3.05, 3.63) is 90.6 Å². The summed E-state index contributed by atoms with van der Waals surface area (Å²) in [6, 6.07) is 27.4. The zero-order valence-corrected chi connectivity index (χ0v) is 18.6. The van der Waals surface area contributed by atoms with Crippen LogP contribution in [0, 0.1) is 0 Å². The van der Waals surface area contributed by atoms with E-state index in [0.717, 1.165) is 35.6 Å². The summed E-state index contributed by atoms with van der Waals surface area (Å²) in [5.74, 6) is 0. The first-order chi connectivity index (χ1) is 16.8. The molecular weight excluding hydrogens is 424 g/mol. The van der Waals surface area contributed by atoms with Gasteiger partial charge in [-0.25, -0.2) is 4.68 Å². The van der Waals surface area contributed by atoms with E-state index in [4.69, 9.17) is 9.47 Å². The SMILES string of the molecule is c1ccc2c(-c3cn(-c4ccc(CO[C@@H]5CNC[C@H]6O[C@@H]56)cc4)nn3)c3ccccc3cc2c1. The third-order valence-electron chi connectivity index (χ3n) is 6.86. The van der Waals surface area contributed by atoms with Gasteiger partial charge in [0, 0.05) is 18.7 Å². The van der Waals surface area contributed by atoms with Crippen LogP contribution in [-0.4, -0.2) is 46.4 Å². The molecule has 7 rings (SSSR count). The average Bonchev–Trinajstić information content (AvgIpc) is 3.54. The zero-order chi connectivity index (χ0) is 22.5. The van der Waals surface area contributed by atoms with Crippen LogP contribution in [0.15, 0.2) is 85.1 Å². The van der Waals surface area contributed by atoms with Crippen molar-refractivity contribution in [3.63, 3.8) is 0 Å². The van der Waals surface area contributed by atoms with Gasteiger partial charge in [0.2, 0.25) is 0 Å². The molecule has 1 aromatic heterocycles. The van der Waals surface area contributed by atoms with Crippen LogP contribution < -0.4 is 5.32 Å². The number of rotatable bonds is 5. The van der Waals surface area contributed by atoms with Gasteiger partial charge in [-0.3, -0.25) is 0 Å². The second-order valence-corrected chi connectivity index (χ2v) is 9.06. The highest BCUT2D eigenvalue weighted by atomic mass is 16.6. The summed E-state index contributed by atoms with van der Waals surface area (Å²) < 4.78 is 13.6. The number of hydrogen-bond donors (Lipinski definition) is 1. The van der Waals surface area contributed by atoms with Crippen molar-refractivity contribution in [1.29, 1.82) is 0 Å². The van der Waals surface area contributed by atoms with Gasteiger partial charge in [-0.2, -0.15) is 0 Å². The minimum atomic E-state index is 0.131. The molecule has 0 saturated carbocycles. The molecule has 5 aromatic rings. The fourth-order valence-corrected chi connectivity index (χ4v) is 5.03. The number of nitrogens with one attached hydrogen (secondary N) is 1. The number of aromatic nitrogens is 3. The monoisotopic (exact) mass is 448 g/mol. The Morgan fingerprint density at radius 1 is 0.912 bits per heavy atom. The van der Waals surface area contributed by atoms with E-state index >= 15 is 0 Å². The maximum atomic E-state index is 6.09. The van der Waals surface area contributed by atoms with Crippen LogP contribution in [0.2, 0.25) is 0 Å². The fraction of sp³-hybridized carbons (Fsp3) is 0.214. The molecule has 3 heterocycles. The molecule has 34 heavy (non-hydrogen) atoms. The Morgan fingerprint density at radius 2 is 1.65 bits per heavy atom. The summed E-state index contributed by atoms with van der Waals surface area (Å²) in [6.07, 6.45) is 2.74. The van der Waals surface area contributed by atoms with E-state index in [-0.39, 0.29) is 12.2 Å². The lowest BCUT2D eigenvalue weighted by Crippen LogP contribution is -2.41. The van der Waals surface area contributed by atoms with Crippen molar-refractivity contribution >= 4 is 21.5 Å². The van der Waals surface area contributed by atoms with E-state index in [0.29, 0.717) is 12.7 Å². The average molecular weight is 449 g/mol. The molecule has 2 aliphatic rings. The molecule has 0 radical (unpaired) electrons. The molecule has 2 fully saturated rings. The van der Waals surface area contributed by atoms with Crippen LogP contribution in [0.1, 0.15) is 5.56 Å². The van der Waals surface area contributed by atoms with Crippen molar-refractivity contribution in [2.75, 3.05) is 13.1 Å². The molecule has 0 unspecified atom stereocenters. The Morgan fingerprint density at radius 3 is 2.41 bits per heavy atom. The summed E-state index contributed by atoms with van der Waals surface area (Å²) in [5.41, 5.74) is 4.08. The predicted molar refractivity (Wildman–Crippen MR) is 132 cm³/mol. The van der Waals surface area contributed by atoms with E-state index in [1.807, 2.05) is 10.9 Å². The standard InChI is InChI=1S/C28H24N4O2/c1-3-7-22-19(5-1)13-20-6-2-4-8-23(20)27(22)24-16-32(31-30-24)21-11-9-18(10-12-21)17-33-25-14-29-15-26-28(25)34-26/h1-13,16,25-26,28-29H,14-15,17H2/t25-,26-,28+/m1/s1. The molecule has 0 bridgehead atoms. The highest BCUT2D eigenvalue weighted by Crippen LogP contribution is 2.35. The quantitative estimate of drug-likeness (QED) is 0.317. The number of piperidine rings is 1. The van der Waals surface area contributed by atoms with Crippen LogP contribution in [0.3, 0.4) is 0 Å². The molecule has 2 aliphatic heterocycles. The Labute approximate surface area is 197 Å². The number of hydrogen-bond acceptors (Lipinski definition) is 5. The Bertz CT molecular complexity index is 1440. The maximum Gasteiger partial charge on any atom is 0.114 e. The topological polar surface area (TPSA) is 64.5 Å². The van der Waals surface area contributed by atoms with Crippen molar-refractivity contribution in [1.82, 2.24) is 20.3 Å². The summed E-state index contributed by atoms with van der Waals surface area (Å²) in [7, 11) is 0. The normalized spacial score (nSPS) is 21.6. The largest absolute Gasteiger partial charge is 0.369 e. The second-order valence-electron chi connectivity index (χ2n) is 9.06. The first-order valence-electron chi connectivity index (χ1n) is 11.7. The fourth-order valence-electron chi connectivity index (χ4n) is 5.03. The molecular formula is C28H24N4O2. The molecule has 0 spiro atoms. The number of ether oxygens (including phenoxy) is 2. The summed E-state index contributed by atoms with van der Waals surface area (Å²) in [4.78, 5) is 0. The van der Waals surface area contributed by atoms with Gasteiger partial charge in [0.1, 0.15) is 11.8 Å². The predicted octanol–water partition coefficient (Wildman–Crippen LogP) is 4.50. The van der Waals surface area contributed by atoms with Crippen LogP contribution in [-0.2, 0) is 16.1 Å². The Hall–Kier alpha value is -3.58. The van der Waals surface area contributed by atoms with Gasteiger partial charge in [0.15, 0.2) is 0 Å². The number of epoxide rings is 1. The lowest BCUT2D eigenvalue weighted by atomic mass is 9.95. The molecule has 0 aliphatic carbocycles. The molecule has 1 N–H and O–H groups in total. The smallest absolute Gasteiger partial charge is 0.114 e. The van der Waals surface area contributed by atoms with Crippen LogP contribution >= 0.6 is 0 Å². The summed E-state index contributed by atoms with van der Waals surface area (Å²) in [6.45, 7) is 2.36. The van der Waals surface area contributed by atoms with Gasteiger partial charge in [-0.15, -0.1) is 5.10 Å². The van der Waals surface area contributed by atoms with Crippen LogP contribution in [0.25, 0.3) is 38.5 Å². The highest BCUT2D eigenvalue weighted by Gasteiger charge is 2.48. The van der Waals surface area contributed by atoms with Crippen molar-refractivity contribution in [2.24, 2.45) is 0 Å². The number of benzene rings is 4. The zero-order valence-electron chi connectivity index (χ0n) is 18.6. The third kappa shape index (κ3) is 3.47. The number of nitrogens with zero attached hydrogens (tertiary/aromatic N) is 3. The first-order valence-corrected chi connectivity index (χ1v) is 11.7. The molecule has 6 heteroatoms. The van der Waals surface area contributed by atoms with E-state index in [1.165, 1.54) is 21.5 Å². The molecule has 0 amide bonds. The van der Waals surface area contributed by atoms with Gasteiger partial charge in [0.25, 0.3) is 0 Å². The molecule has 4 aromatic carbocycles. The van der Waals surface area contributed by atoms with Crippen molar-refractivity contribution in [3.8, 4) is 16.9 Å². The van der Waals surface area contributed by atoms with E-state index in [2.05, 4.69) is 94.5 Å². The highest BCUT2D eigenvalue weighted by molar-refractivity contribution is 6.11. The lowest BCUT2D eigenvalue weighted by molar-refractivity contribution is 0.0211. The van der Waals surface area contributed by atoms with E-state index in [9.17, 15) is 0 Å². The van der Waals surface area contributed by atoms with Crippen molar-refractivity contribution < 1.29 is 9.47 Å². The first kappa shape index (κ1) is 19.9. The minimum Gasteiger partial charge on any atom is -0.369 e. The van der Waals surface area contributed by atoms with Gasteiger partial charge >= 0.3 is 0 Å². The summed E-state index contributed by atoms with van der Waals surface area (Å²) >= 11 is 0. The van der Waals surface area contributed by atoms with Gasteiger partial charge in [-0.05, 0) is 45.3 Å². The maximum absolute atomic E-state index is 6.09. The second kappa shape index (κ2) is 8.02.